The topological polar surface area (TPSA) is 88.5 Å². The third-order valence-electron chi connectivity index (χ3n) is 6.37. The van der Waals surface area contributed by atoms with Gasteiger partial charge < -0.3 is 14.8 Å². The van der Waals surface area contributed by atoms with Gasteiger partial charge in [0, 0.05) is 18.0 Å². The minimum atomic E-state index is -0.984. The van der Waals surface area contributed by atoms with Crippen molar-refractivity contribution in [3.05, 3.63) is 90.2 Å². The van der Waals surface area contributed by atoms with Gasteiger partial charge in [0.25, 0.3) is 0 Å². The quantitative estimate of drug-likeness (QED) is 0.395. The molecule has 0 bridgehead atoms. The minimum Gasteiger partial charge on any atom is -0.432 e. The second-order valence-electron chi connectivity index (χ2n) is 8.53. The standard InChI is InChI=1S/C26H22FN5O2/c27-19-9-7-18(8-10-19)22-23(32-14-15-34-25(32)31-22)21-11-13-28-24(30-21)29-16-26(33)12-3-5-17-4-1-2-6-20(17)26/h1-2,4,6-11,13-15,33H,3,5,12,16H2,(H,28,29,30). The smallest absolute Gasteiger partial charge is 0.306 e. The van der Waals surface area contributed by atoms with Crippen molar-refractivity contribution >= 4 is 11.8 Å². The number of halogens is 1. The molecule has 1 aliphatic carbocycles. The van der Waals surface area contributed by atoms with Crippen molar-refractivity contribution in [3.8, 4) is 22.6 Å². The third kappa shape index (κ3) is 3.52. The summed E-state index contributed by atoms with van der Waals surface area (Å²) < 4.78 is 20.8. The van der Waals surface area contributed by atoms with E-state index in [-0.39, 0.29) is 5.82 Å². The average Bonchev–Trinajstić information content (AvgIpc) is 3.45. The number of hydrogen-bond donors (Lipinski definition) is 2. The van der Waals surface area contributed by atoms with Crippen LogP contribution in [-0.2, 0) is 12.0 Å². The molecule has 8 heteroatoms. The molecule has 3 heterocycles. The fourth-order valence-electron chi connectivity index (χ4n) is 4.72. The zero-order chi connectivity index (χ0) is 23.1. The maximum Gasteiger partial charge on any atom is 0.306 e. The van der Waals surface area contributed by atoms with Crippen LogP contribution in [0.3, 0.4) is 0 Å². The Hall–Kier alpha value is -4.04. The molecule has 3 aromatic heterocycles. The Labute approximate surface area is 195 Å². The van der Waals surface area contributed by atoms with Crippen molar-refractivity contribution in [2.24, 2.45) is 0 Å². The number of hydrogen-bond acceptors (Lipinski definition) is 6. The highest BCUT2D eigenvalue weighted by Crippen LogP contribution is 2.36. The van der Waals surface area contributed by atoms with Gasteiger partial charge in [-0.1, -0.05) is 24.3 Å². The normalized spacial score (nSPS) is 17.6. The van der Waals surface area contributed by atoms with Crippen LogP contribution in [0.2, 0.25) is 0 Å². The molecule has 5 aromatic rings. The summed E-state index contributed by atoms with van der Waals surface area (Å²) in [5.41, 5.74) is 3.87. The zero-order valence-corrected chi connectivity index (χ0v) is 18.3. The van der Waals surface area contributed by atoms with E-state index in [0.29, 0.717) is 41.8 Å². The monoisotopic (exact) mass is 455 g/mol. The first kappa shape index (κ1) is 20.6. The molecule has 170 valence electrons. The molecule has 2 N–H and O–H groups in total. The molecule has 0 radical (unpaired) electrons. The maximum atomic E-state index is 13.5. The van der Waals surface area contributed by atoms with Crippen molar-refractivity contribution in [2.75, 3.05) is 11.9 Å². The molecule has 0 spiro atoms. The van der Waals surface area contributed by atoms with Crippen molar-refractivity contribution in [3.63, 3.8) is 0 Å². The molecule has 1 aliphatic rings. The lowest BCUT2D eigenvalue weighted by Crippen LogP contribution is -2.37. The molecule has 0 saturated heterocycles. The average molecular weight is 455 g/mol. The number of aliphatic hydroxyl groups is 1. The number of aryl methyl sites for hydroxylation is 1. The molecule has 0 fully saturated rings. The summed E-state index contributed by atoms with van der Waals surface area (Å²) in [6.07, 6.45) is 7.54. The predicted octanol–water partition coefficient (Wildman–Crippen LogP) is 4.83. The lowest BCUT2D eigenvalue weighted by Gasteiger charge is -2.34. The maximum absolute atomic E-state index is 13.5. The van der Waals surface area contributed by atoms with Gasteiger partial charge in [0.2, 0.25) is 5.95 Å². The summed E-state index contributed by atoms with van der Waals surface area (Å²) in [4.78, 5) is 13.7. The van der Waals surface area contributed by atoms with Crippen LogP contribution in [0.25, 0.3) is 28.5 Å². The number of imidazole rings is 1. The van der Waals surface area contributed by atoms with Gasteiger partial charge in [-0.25, -0.2) is 14.4 Å². The van der Waals surface area contributed by atoms with Crippen LogP contribution in [0.5, 0.6) is 0 Å². The summed E-state index contributed by atoms with van der Waals surface area (Å²) in [6, 6.07) is 16.0. The molecule has 6 rings (SSSR count). The van der Waals surface area contributed by atoms with E-state index in [1.54, 1.807) is 41.3 Å². The first-order valence-corrected chi connectivity index (χ1v) is 11.2. The highest BCUT2D eigenvalue weighted by molar-refractivity contribution is 5.79. The van der Waals surface area contributed by atoms with Gasteiger partial charge in [-0.2, -0.15) is 4.98 Å². The minimum absolute atomic E-state index is 0.297. The molecule has 0 amide bonds. The summed E-state index contributed by atoms with van der Waals surface area (Å²) in [6.45, 7) is 0.297. The van der Waals surface area contributed by atoms with Gasteiger partial charge in [-0.3, -0.25) is 4.40 Å². The van der Waals surface area contributed by atoms with Gasteiger partial charge in [0.05, 0.1) is 12.2 Å². The molecule has 34 heavy (non-hydrogen) atoms. The van der Waals surface area contributed by atoms with Crippen LogP contribution in [0.4, 0.5) is 10.3 Å². The fraction of sp³-hybridized carbons (Fsp3) is 0.192. The van der Waals surface area contributed by atoms with E-state index < -0.39 is 5.60 Å². The number of fused-ring (bicyclic) bond motifs is 2. The van der Waals surface area contributed by atoms with Crippen LogP contribution >= 0.6 is 0 Å². The van der Waals surface area contributed by atoms with E-state index in [1.807, 2.05) is 18.2 Å². The first-order chi connectivity index (χ1) is 16.6. The highest BCUT2D eigenvalue weighted by Gasteiger charge is 2.34. The Kier molecular flexibility index (Phi) is 4.88. The molecule has 1 unspecified atom stereocenters. The second-order valence-corrected chi connectivity index (χ2v) is 8.53. The Bertz CT molecular complexity index is 1480. The van der Waals surface area contributed by atoms with Gasteiger partial charge in [-0.15, -0.1) is 0 Å². The van der Waals surface area contributed by atoms with Gasteiger partial charge >= 0.3 is 5.84 Å². The molecular formula is C26H22FN5O2. The number of benzene rings is 2. The molecule has 7 nitrogen and oxygen atoms in total. The molecule has 2 aromatic carbocycles. The highest BCUT2D eigenvalue weighted by atomic mass is 19.1. The van der Waals surface area contributed by atoms with Crippen molar-refractivity contribution in [1.29, 1.82) is 0 Å². The van der Waals surface area contributed by atoms with E-state index in [4.69, 9.17) is 9.40 Å². The first-order valence-electron chi connectivity index (χ1n) is 11.2. The third-order valence-corrected chi connectivity index (χ3v) is 6.37. The van der Waals surface area contributed by atoms with E-state index >= 15 is 0 Å². The fourth-order valence-corrected chi connectivity index (χ4v) is 4.72. The van der Waals surface area contributed by atoms with E-state index in [1.165, 1.54) is 17.7 Å². The lowest BCUT2D eigenvalue weighted by molar-refractivity contribution is 0.0321. The molecular weight excluding hydrogens is 433 g/mol. The SMILES string of the molecule is OC1(CNc2nccc(-c3c(-c4ccc(F)cc4)nc4occn34)n2)CCCc2ccccc21. The number of nitrogens with one attached hydrogen (secondary N) is 1. The van der Waals surface area contributed by atoms with Gasteiger partial charge in [0.15, 0.2) is 0 Å². The zero-order valence-electron chi connectivity index (χ0n) is 18.3. The molecule has 0 saturated carbocycles. The lowest BCUT2D eigenvalue weighted by atomic mass is 9.79. The van der Waals surface area contributed by atoms with Crippen LogP contribution in [0.1, 0.15) is 24.0 Å². The largest absolute Gasteiger partial charge is 0.432 e. The summed E-state index contributed by atoms with van der Waals surface area (Å²) in [7, 11) is 0. The van der Waals surface area contributed by atoms with Crippen LogP contribution < -0.4 is 5.32 Å². The van der Waals surface area contributed by atoms with Crippen molar-refractivity contribution < 1.29 is 13.9 Å². The van der Waals surface area contributed by atoms with Gasteiger partial charge in [0.1, 0.15) is 29.1 Å². The summed E-state index contributed by atoms with van der Waals surface area (Å²) >= 11 is 0. The number of nitrogens with zero attached hydrogens (tertiary/aromatic N) is 4. The van der Waals surface area contributed by atoms with Crippen molar-refractivity contribution in [1.82, 2.24) is 19.4 Å². The Morgan fingerprint density at radius 3 is 2.82 bits per heavy atom. The van der Waals surface area contributed by atoms with Gasteiger partial charge in [-0.05, 0) is 60.7 Å². The summed E-state index contributed by atoms with van der Waals surface area (Å²) in [5.74, 6) is 0.497. The Morgan fingerprint density at radius 2 is 1.94 bits per heavy atom. The number of aromatic nitrogens is 4. The molecule has 1 atom stereocenters. The number of rotatable bonds is 5. The van der Waals surface area contributed by atoms with E-state index in [2.05, 4.69) is 21.4 Å². The second kappa shape index (κ2) is 8.07. The molecule has 0 aliphatic heterocycles. The van der Waals surface area contributed by atoms with E-state index in [9.17, 15) is 9.50 Å². The van der Waals surface area contributed by atoms with Crippen LogP contribution in [0.15, 0.2) is 77.7 Å². The van der Waals surface area contributed by atoms with Crippen LogP contribution in [0, 0.1) is 5.82 Å². The number of oxazole rings is 1. The Morgan fingerprint density at radius 1 is 1.09 bits per heavy atom. The number of anilines is 1. The Balaban J connectivity index is 1.34. The van der Waals surface area contributed by atoms with Crippen LogP contribution in [-0.4, -0.2) is 31.0 Å². The van der Waals surface area contributed by atoms with Crippen molar-refractivity contribution in [2.45, 2.75) is 24.9 Å². The summed E-state index contributed by atoms with van der Waals surface area (Å²) in [5, 5.41) is 14.6. The predicted molar refractivity (Wildman–Crippen MR) is 126 cm³/mol. The van der Waals surface area contributed by atoms with E-state index in [0.717, 1.165) is 24.0 Å².